The van der Waals surface area contributed by atoms with Gasteiger partial charge in [-0.1, -0.05) is 28.1 Å². The highest BCUT2D eigenvalue weighted by Gasteiger charge is 2.19. The zero-order valence-corrected chi connectivity index (χ0v) is 11.6. The molecular formula is C14H11BrF3N. The Morgan fingerprint density at radius 1 is 0.947 bits per heavy atom. The molecule has 2 aromatic rings. The van der Waals surface area contributed by atoms with Gasteiger partial charge in [-0.3, -0.25) is 0 Å². The summed E-state index contributed by atoms with van der Waals surface area (Å²) in [5, 5.41) is 0. The average Bonchev–Trinajstić information content (AvgIpc) is 2.33. The van der Waals surface area contributed by atoms with Crippen LogP contribution in [-0.4, -0.2) is 0 Å². The van der Waals surface area contributed by atoms with Crippen LogP contribution in [0.1, 0.15) is 22.7 Å². The molecule has 2 rings (SSSR count). The molecule has 0 fully saturated rings. The largest absolute Gasteiger partial charge is 0.320 e. The van der Waals surface area contributed by atoms with Crippen molar-refractivity contribution in [1.82, 2.24) is 0 Å². The Morgan fingerprint density at radius 3 is 2.21 bits per heavy atom. The molecule has 19 heavy (non-hydrogen) atoms. The van der Waals surface area contributed by atoms with Crippen molar-refractivity contribution in [3.8, 4) is 0 Å². The summed E-state index contributed by atoms with van der Waals surface area (Å²) >= 11 is 3.33. The summed E-state index contributed by atoms with van der Waals surface area (Å²) in [6.45, 7) is 1.90. The van der Waals surface area contributed by atoms with Gasteiger partial charge in [0.25, 0.3) is 0 Å². The third-order valence-corrected chi connectivity index (χ3v) is 3.55. The number of aryl methyl sites for hydroxylation is 1. The van der Waals surface area contributed by atoms with E-state index < -0.39 is 23.5 Å². The smallest absolute Gasteiger partial charge is 0.161 e. The van der Waals surface area contributed by atoms with Gasteiger partial charge < -0.3 is 5.73 Å². The molecule has 0 aliphatic heterocycles. The van der Waals surface area contributed by atoms with Gasteiger partial charge in [-0.25, -0.2) is 13.2 Å². The quantitative estimate of drug-likeness (QED) is 0.820. The molecule has 0 saturated heterocycles. The van der Waals surface area contributed by atoms with Crippen LogP contribution in [0.2, 0.25) is 0 Å². The maximum Gasteiger partial charge on any atom is 0.161 e. The predicted octanol–water partition coefficient (Wildman–Crippen LogP) is 4.22. The van der Waals surface area contributed by atoms with E-state index in [2.05, 4.69) is 15.9 Å². The van der Waals surface area contributed by atoms with Crippen LogP contribution >= 0.6 is 15.9 Å². The maximum atomic E-state index is 13.7. The highest BCUT2D eigenvalue weighted by molar-refractivity contribution is 9.10. The molecule has 0 spiro atoms. The van der Waals surface area contributed by atoms with Crippen molar-refractivity contribution in [3.05, 3.63) is 68.9 Å². The van der Waals surface area contributed by atoms with E-state index in [9.17, 15) is 13.2 Å². The number of hydrogen-bond acceptors (Lipinski definition) is 1. The van der Waals surface area contributed by atoms with E-state index in [1.165, 1.54) is 0 Å². The van der Waals surface area contributed by atoms with Crippen LogP contribution in [0, 0.1) is 24.4 Å². The predicted molar refractivity (Wildman–Crippen MR) is 71.2 cm³/mol. The third-order valence-electron chi connectivity index (χ3n) is 2.87. The van der Waals surface area contributed by atoms with Crippen LogP contribution < -0.4 is 5.73 Å². The summed E-state index contributed by atoms with van der Waals surface area (Å²) in [4.78, 5) is 0. The van der Waals surface area contributed by atoms with Gasteiger partial charge in [-0.05, 0) is 30.2 Å². The minimum absolute atomic E-state index is 0.0801. The summed E-state index contributed by atoms with van der Waals surface area (Å²) in [6, 6.07) is 5.80. The molecule has 2 aromatic carbocycles. The van der Waals surface area contributed by atoms with Gasteiger partial charge in [-0.2, -0.15) is 0 Å². The summed E-state index contributed by atoms with van der Waals surface area (Å²) in [6.07, 6.45) is 0. The van der Waals surface area contributed by atoms with Crippen molar-refractivity contribution in [2.75, 3.05) is 0 Å². The average molecular weight is 330 g/mol. The Balaban J connectivity index is 2.49. The van der Waals surface area contributed by atoms with Gasteiger partial charge in [-0.15, -0.1) is 0 Å². The lowest BCUT2D eigenvalue weighted by molar-refractivity contribution is 0.487. The van der Waals surface area contributed by atoms with E-state index in [-0.39, 0.29) is 5.56 Å². The van der Waals surface area contributed by atoms with Crippen LogP contribution in [0.15, 0.2) is 34.8 Å². The van der Waals surface area contributed by atoms with Gasteiger partial charge in [0.1, 0.15) is 5.82 Å². The summed E-state index contributed by atoms with van der Waals surface area (Å²) in [7, 11) is 0. The minimum atomic E-state index is -1.23. The molecule has 0 aliphatic carbocycles. The van der Waals surface area contributed by atoms with Crippen molar-refractivity contribution < 1.29 is 13.2 Å². The Labute approximate surface area is 117 Å². The van der Waals surface area contributed by atoms with Crippen molar-refractivity contribution >= 4 is 15.9 Å². The molecule has 2 N–H and O–H groups in total. The molecule has 0 amide bonds. The Morgan fingerprint density at radius 2 is 1.58 bits per heavy atom. The fourth-order valence-corrected chi connectivity index (χ4v) is 2.57. The second-order valence-corrected chi connectivity index (χ2v) is 5.14. The van der Waals surface area contributed by atoms with Crippen LogP contribution in [0.4, 0.5) is 13.2 Å². The van der Waals surface area contributed by atoms with Gasteiger partial charge in [0.05, 0.1) is 6.04 Å². The molecular weight excluding hydrogens is 319 g/mol. The van der Waals surface area contributed by atoms with Gasteiger partial charge in [0.2, 0.25) is 0 Å². The molecule has 0 aromatic heterocycles. The van der Waals surface area contributed by atoms with Crippen LogP contribution in [0.3, 0.4) is 0 Å². The second-order valence-electron chi connectivity index (χ2n) is 4.29. The Hall–Kier alpha value is -1.33. The molecule has 0 bridgehead atoms. The van der Waals surface area contributed by atoms with Gasteiger partial charge >= 0.3 is 0 Å². The Kier molecular flexibility index (Phi) is 3.96. The molecule has 100 valence electrons. The van der Waals surface area contributed by atoms with Crippen LogP contribution in [-0.2, 0) is 0 Å². The number of halogens is 4. The van der Waals surface area contributed by atoms with Gasteiger partial charge in [0.15, 0.2) is 11.6 Å². The SMILES string of the molecule is Cc1ccc(C(N)c2cc(F)c(F)cc2F)c(Br)c1. The van der Waals surface area contributed by atoms with E-state index >= 15 is 0 Å². The first kappa shape index (κ1) is 14.1. The topological polar surface area (TPSA) is 26.0 Å². The third kappa shape index (κ3) is 2.82. The van der Waals surface area contributed by atoms with E-state index in [1.807, 2.05) is 19.1 Å². The normalized spacial score (nSPS) is 12.5. The number of hydrogen-bond donors (Lipinski definition) is 1. The standard InChI is InChI=1S/C14H11BrF3N/c1-7-2-3-8(10(15)4-7)14(19)9-5-12(17)13(18)6-11(9)16/h2-6,14H,19H2,1H3. The first-order chi connectivity index (χ1) is 8.90. The lowest BCUT2D eigenvalue weighted by Crippen LogP contribution is -2.15. The van der Waals surface area contributed by atoms with Crippen LogP contribution in [0.25, 0.3) is 0 Å². The summed E-state index contributed by atoms with van der Waals surface area (Å²) in [5.74, 6) is -3.20. The highest BCUT2D eigenvalue weighted by Crippen LogP contribution is 2.30. The summed E-state index contributed by atoms with van der Waals surface area (Å²) < 4.78 is 40.5. The molecule has 1 nitrogen and oxygen atoms in total. The molecule has 0 radical (unpaired) electrons. The van der Waals surface area contributed by atoms with Crippen molar-refractivity contribution in [1.29, 1.82) is 0 Å². The van der Waals surface area contributed by atoms with Gasteiger partial charge in [0, 0.05) is 16.1 Å². The molecule has 0 heterocycles. The van der Waals surface area contributed by atoms with E-state index in [1.54, 1.807) is 6.07 Å². The lowest BCUT2D eigenvalue weighted by atomic mass is 9.98. The second kappa shape index (κ2) is 5.35. The lowest BCUT2D eigenvalue weighted by Gasteiger charge is -2.16. The van der Waals surface area contributed by atoms with Crippen molar-refractivity contribution in [2.45, 2.75) is 13.0 Å². The summed E-state index contributed by atoms with van der Waals surface area (Å²) in [5.41, 5.74) is 7.46. The number of rotatable bonds is 2. The maximum absolute atomic E-state index is 13.7. The van der Waals surface area contributed by atoms with E-state index in [0.29, 0.717) is 16.1 Å². The monoisotopic (exact) mass is 329 g/mol. The Bertz CT molecular complexity index is 628. The zero-order valence-electron chi connectivity index (χ0n) is 10.1. The fourth-order valence-electron chi connectivity index (χ4n) is 1.83. The first-order valence-electron chi connectivity index (χ1n) is 5.56. The highest BCUT2D eigenvalue weighted by atomic mass is 79.9. The molecule has 0 saturated carbocycles. The zero-order chi connectivity index (χ0) is 14.2. The van der Waals surface area contributed by atoms with E-state index in [4.69, 9.17) is 5.73 Å². The molecule has 0 aliphatic rings. The van der Waals surface area contributed by atoms with Crippen molar-refractivity contribution in [2.24, 2.45) is 5.73 Å². The molecule has 1 unspecified atom stereocenters. The van der Waals surface area contributed by atoms with Crippen LogP contribution in [0.5, 0.6) is 0 Å². The van der Waals surface area contributed by atoms with Crippen molar-refractivity contribution in [3.63, 3.8) is 0 Å². The minimum Gasteiger partial charge on any atom is -0.320 e. The first-order valence-corrected chi connectivity index (χ1v) is 6.35. The number of benzene rings is 2. The fraction of sp³-hybridized carbons (Fsp3) is 0.143. The number of nitrogens with two attached hydrogens (primary N) is 1. The molecule has 5 heteroatoms. The molecule has 1 atom stereocenters. The van der Waals surface area contributed by atoms with E-state index in [0.717, 1.165) is 11.6 Å².